The van der Waals surface area contributed by atoms with Gasteiger partial charge in [0.15, 0.2) is 5.78 Å². The van der Waals surface area contributed by atoms with Crippen LogP contribution in [0.4, 0.5) is 4.79 Å². The quantitative estimate of drug-likeness (QED) is 0.390. The van der Waals surface area contributed by atoms with E-state index in [2.05, 4.69) is 4.98 Å². The molecule has 1 saturated carbocycles. The topological polar surface area (TPSA) is 90.6 Å². The number of Topliss-reactive ketones (excluding diaryl/α,β-unsaturated/α-hetero) is 1. The molecule has 1 aromatic heterocycles. The number of ketones is 1. The van der Waals surface area contributed by atoms with Crippen LogP contribution in [0.3, 0.4) is 0 Å². The Bertz CT molecular complexity index is 1210. The first-order chi connectivity index (χ1) is 15.1. The third-order valence-corrected chi connectivity index (χ3v) is 6.12. The number of nitrogens with one attached hydrogen (secondary N) is 1. The maximum Gasteiger partial charge on any atom is 0.334 e. The maximum atomic E-state index is 13.4. The Kier molecular flexibility index (Phi) is 4.66. The number of carbonyl (C=O) groups is 4. The number of carbonyl (C=O) groups excluding carboxylic acids is 4. The molecule has 2 heterocycles. The third kappa shape index (κ3) is 3.13. The lowest BCUT2D eigenvalue weighted by molar-refractivity contribution is -0.143. The van der Waals surface area contributed by atoms with Crippen molar-refractivity contribution in [1.29, 1.82) is 0 Å². The highest BCUT2D eigenvalue weighted by atomic mass is 16.2. The summed E-state index contributed by atoms with van der Waals surface area (Å²) < 4.78 is 0. The van der Waals surface area contributed by atoms with Gasteiger partial charge in [0, 0.05) is 16.9 Å². The molecule has 4 amide bonds. The number of aromatic nitrogens is 1. The minimum Gasteiger partial charge on any atom is -0.354 e. The number of urea groups is 1. The third-order valence-electron chi connectivity index (χ3n) is 6.12. The molecular formula is C24H21N3O4. The van der Waals surface area contributed by atoms with Crippen LogP contribution in [0.1, 0.15) is 36.0 Å². The van der Waals surface area contributed by atoms with E-state index in [-0.39, 0.29) is 11.8 Å². The number of aromatic amines is 1. The molecule has 7 heteroatoms. The molecule has 2 aromatic carbocycles. The van der Waals surface area contributed by atoms with Crippen molar-refractivity contribution in [3.05, 3.63) is 60.2 Å². The molecule has 1 aliphatic carbocycles. The molecule has 2 aliphatic rings. The molecule has 156 valence electrons. The summed E-state index contributed by atoms with van der Waals surface area (Å²) in [5, 5.41) is 0.712. The summed E-state index contributed by atoms with van der Waals surface area (Å²) in [6, 6.07) is 15.9. The molecule has 1 N–H and O–H groups in total. The van der Waals surface area contributed by atoms with Gasteiger partial charge >= 0.3 is 17.8 Å². The summed E-state index contributed by atoms with van der Waals surface area (Å²) in [5.41, 5.74) is 2.65. The van der Waals surface area contributed by atoms with Gasteiger partial charge in [-0.2, -0.15) is 0 Å². The number of fused-ring (bicyclic) bond motifs is 1. The van der Waals surface area contributed by atoms with E-state index in [1.165, 1.54) is 0 Å². The Balaban J connectivity index is 1.50. The van der Waals surface area contributed by atoms with Crippen molar-refractivity contribution in [2.45, 2.75) is 31.7 Å². The molecule has 0 spiro atoms. The second-order valence-corrected chi connectivity index (χ2v) is 8.00. The van der Waals surface area contributed by atoms with E-state index in [0.717, 1.165) is 33.7 Å². The molecule has 0 bridgehead atoms. The second-order valence-electron chi connectivity index (χ2n) is 8.00. The highest BCUT2D eigenvalue weighted by molar-refractivity contribution is 6.45. The van der Waals surface area contributed by atoms with Crippen molar-refractivity contribution in [2.75, 3.05) is 6.54 Å². The van der Waals surface area contributed by atoms with Crippen molar-refractivity contribution in [1.82, 2.24) is 14.8 Å². The average Bonchev–Trinajstić information content (AvgIpc) is 3.49. The smallest absolute Gasteiger partial charge is 0.334 e. The summed E-state index contributed by atoms with van der Waals surface area (Å²) in [6.45, 7) is -0.464. The van der Waals surface area contributed by atoms with E-state index in [0.29, 0.717) is 29.5 Å². The Morgan fingerprint density at radius 1 is 0.903 bits per heavy atom. The van der Waals surface area contributed by atoms with Crippen LogP contribution in [0.25, 0.3) is 22.2 Å². The zero-order chi connectivity index (χ0) is 21.5. The lowest BCUT2D eigenvalue weighted by Crippen LogP contribution is -2.41. The number of benzene rings is 2. The maximum absolute atomic E-state index is 13.4. The van der Waals surface area contributed by atoms with Gasteiger partial charge in [-0.25, -0.2) is 9.69 Å². The molecule has 1 aliphatic heterocycles. The number of rotatable bonds is 5. The summed E-state index contributed by atoms with van der Waals surface area (Å²) in [7, 11) is 0. The van der Waals surface area contributed by atoms with E-state index in [9.17, 15) is 19.2 Å². The first-order valence-corrected chi connectivity index (χ1v) is 10.4. The Labute approximate surface area is 178 Å². The second kappa shape index (κ2) is 7.50. The highest BCUT2D eigenvalue weighted by Crippen LogP contribution is 2.32. The van der Waals surface area contributed by atoms with Crippen LogP contribution in [0.15, 0.2) is 54.6 Å². The van der Waals surface area contributed by atoms with Gasteiger partial charge in [0.25, 0.3) is 0 Å². The number of imide groups is 2. The van der Waals surface area contributed by atoms with Crippen LogP contribution in [-0.4, -0.2) is 51.0 Å². The van der Waals surface area contributed by atoms with Gasteiger partial charge in [0.1, 0.15) is 0 Å². The Morgan fingerprint density at radius 2 is 1.58 bits per heavy atom. The zero-order valence-corrected chi connectivity index (χ0v) is 16.8. The fourth-order valence-electron chi connectivity index (χ4n) is 4.62. The number of amides is 4. The highest BCUT2D eigenvalue weighted by Gasteiger charge is 2.48. The SMILES string of the molecule is O=C(CN1C(=O)C(=O)N(C2CCCC2)C1=O)c1c(-c2ccccc2)[nH]c2ccccc12. The molecule has 31 heavy (non-hydrogen) atoms. The summed E-state index contributed by atoms with van der Waals surface area (Å²) in [4.78, 5) is 56.5. The average molecular weight is 415 g/mol. The van der Waals surface area contributed by atoms with Crippen molar-refractivity contribution in [3.8, 4) is 11.3 Å². The number of hydrogen-bond donors (Lipinski definition) is 1. The van der Waals surface area contributed by atoms with Crippen LogP contribution in [0.5, 0.6) is 0 Å². The molecule has 1 saturated heterocycles. The summed E-state index contributed by atoms with van der Waals surface area (Å²) >= 11 is 0. The zero-order valence-electron chi connectivity index (χ0n) is 16.8. The molecule has 3 aromatic rings. The van der Waals surface area contributed by atoms with E-state index in [1.807, 2.05) is 54.6 Å². The minimum absolute atomic E-state index is 0.253. The Morgan fingerprint density at radius 3 is 2.32 bits per heavy atom. The number of hydrogen-bond acceptors (Lipinski definition) is 4. The normalized spacial score (nSPS) is 17.4. The van der Waals surface area contributed by atoms with Crippen molar-refractivity contribution in [3.63, 3.8) is 0 Å². The standard InChI is InChI=1S/C24H21N3O4/c28-19(14-26-22(29)23(30)27(24(26)31)16-10-4-5-11-16)20-17-12-6-7-13-18(17)25-21(20)15-8-2-1-3-9-15/h1-3,6-9,12-13,16,25H,4-5,10-11,14H2. The van der Waals surface area contributed by atoms with E-state index in [4.69, 9.17) is 0 Å². The van der Waals surface area contributed by atoms with Gasteiger partial charge < -0.3 is 4.98 Å². The molecule has 0 radical (unpaired) electrons. The van der Waals surface area contributed by atoms with Gasteiger partial charge in [-0.3, -0.25) is 19.3 Å². The fourth-order valence-corrected chi connectivity index (χ4v) is 4.62. The fraction of sp³-hybridized carbons (Fsp3) is 0.250. The molecule has 0 atom stereocenters. The van der Waals surface area contributed by atoms with Gasteiger partial charge in [0.2, 0.25) is 0 Å². The monoisotopic (exact) mass is 415 g/mol. The van der Waals surface area contributed by atoms with Gasteiger partial charge in [-0.15, -0.1) is 0 Å². The molecule has 0 unspecified atom stereocenters. The largest absolute Gasteiger partial charge is 0.354 e. The molecule has 2 fully saturated rings. The predicted octanol–water partition coefficient (Wildman–Crippen LogP) is 3.75. The number of para-hydroxylation sites is 1. The first-order valence-electron chi connectivity index (χ1n) is 10.4. The van der Waals surface area contributed by atoms with Crippen molar-refractivity contribution in [2.24, 2.45) is 0 Å². The van der Waals surface area contributed by atoms with Gasteiger partial charge in [-0.05, 0) is 24.5 Å². The molecule has 7 nitrogen and oxygen atoms in total. The van der Waals surface area contributed by atoms with E-state index < -0.39 is 24.4 Å². The number of H-pyrrole nitrogens is 1. The van der Waals surface area contributed by atoms with Crippen LogP contribution in [0.2, 0.25) is 0 Å². The van der Waals surface area contributed by atoms with Crippen molar-refractivity contribution >= 4 is 34.5 Å². The van der Waals surface area contributed by atoms with Crippen LogP contribution >= 0.6 is 0 Å². The lowest BCUT2D eigenvalue weighted by atomic mass is 10.0. The summed E-state index contributed by atoms with van der Waals surface area (Å²) in [6.07, 6.45) is 3.25. The molecular weight excluding hydrogens is 394 g/mol. The Hall–Kier alpha value is -3.74. The molecule has 5 rings (SSSR count). The first kappa shape index (κ1) is 19.2. The summed E-state index contributed by atoms with van der Waals surface area (Å²) in [5.74, 6) is -2.14. The minimum atomic E-state index is -0.925. The predicted molar refractivity (Wildman–Crippen MR) is 114 cm³/mol. The van der Waals surface area contributed by atoms with Gasteiger partial charge in [-0.1, -0.05) is 61.4 Å². The van der Waals surface area contributed by atoms with E-state index in [1.54, 1.807) is 0 Å². The number of nitrogens with zero attached hydrogens (tertiary/aromatic N) is 2. The lowest BCUT2D eigenvalue weighted by Gasteiger charge is -2.20. The van der Waals surface area contributed by atoms with Crippen LogP contribution < -0.4 is 0 Å². The van der Waals surface area contributed by atoms with Crippen LogP contribution in [0, 0.1) is 0 Å². The van der Waals surface area contributed by atoms with Crippen molar-refractivity contribution < 1.29 is 19.2 Å². The van der Waals surface area contributed by atoms with Gasteiger partial charge in [0.05, 0.1) is 17.8 Å². The van der Waals surface area contributed by atoms with Crippen LogP contribution in [-0.2, 0) is 9.59 Å². The van der Waals surface area contributed by atoms with E-state index >= 15 is 0 Å².